The smallest absolute Gasteiger partial charge is 0.256 e. The number of pyridine rings is 1. The third-order valence-electron chi connectivity index (χ3n) is 5.33. The highest BCUT2D eigenvalue weighted by Crippen LogP contribution is 2.35. The quantitative estimate of drug-likeness (QED) is 0.898. The Morgan fingerprint density at radius 2 is 2.12 bits per heavy atom. The first kappa shape index (κ1) is 16.1. The Kier molecular flexibility index (Phi) is 4.42. The van der Waals surface area contributed by atoms with Crippen molar-refractivity contribution < 1.29 is 4.79 Å². The number of nitrogens with zero attached hydrogens (tertiary/aromatic N) is 3. The van der Waals surface area contributed by atoms with E-state index in [4.69, 9.17) is 0 Å². The molecule has 2 aromatic rings. The van der Waals surface area contributed by atoms with Crippen LogP contribution in [0.15, 0.2) is 30.6 Å². The largest absolute Gasteiger partial charge is 0.361 e. The Labute approximate surface area is 148 Å². The maximum Gasteiger partial charge on any atom is 0.256 e. The van der Waals surface area contributed by atoms with Crippen LogP contribution < -0.4 is 10.6 Å². The van der Waals surface area contributed by atoms with E-state index in [0.29, 0.717) is 11.6 Å². The van der Waals surface area contributed by atoms with E-state index in [0.717, 1.165) is 30.8 Å². The van der Waals surface area contributed by atoms with Gasteiger partial charge < -0.3 is 10.6 Å². The van der Waals surface area contributed by atoms with Crippen LogP contribution in [-0.2, 0) is 0 Å². The zero-order valence-electron chi connectivity index (χ0n) is 14.6. The van der Waals surface area contributed by atoms with Crippen molar-refractivity contribution in [3.63, 3.8) is 0 Å². The third kappa shape index (κ3) is 3.25. The molecule has 1 aliphatic carbocycles. The molecule has 1 saturated carbocycles. The van der Waals surface area contributed by atoms with Crippen LogP contribution in [0.2, 0.25) is 0 Å². The Bertz CT molecular complexity index is 736. The monoisotopic (exact) mass is 339 g/mol. The number of carbonyl (C=O) groups excluding carboxylic acids is 1. The predicted octanol–water partition coefficient (Wildman–Crippen LogP) is 3.46. The standard InChI is InChI=1S/C19H25N5O/c1-13-11-17(16-9-5-6-10-20-16)23-18-15(12-21-24(13)18)19(25)22-14-7-3-2-4-8-14/h5-6,9-10,12-14,17,23H,2-4,7-8,11H2,1H3,(H,22,25). The highest BCUT2D eigenvalue weighted by molar-refractivity contribution is 5.99. The van der Waals surface area contributed by atoms with Crippen molar-refractivity contribution in [1.29, 1.82) is 0 Å². The summed E-state index contributed by atoms with van der Waals surface area (Å²) in [6.45, 7) is 2.14. The number of hydrogen-bond donors (Lipinski definition) is 2. The van der Waals surface area contributed by atoms with E-state index in [2.05, 4.69) is 27.6 Å². The molecule has 6 nitrogen and oxygen atoms in total. The van der Waals surface area contributed by atoms with Gasteiger partial charge in [0.1, 0.15) is 11.4 Å². The zero-order valence-corrected chi connectivity index (χ0v) is 14.6. The van der Waals surface area contributed by atoms with Gasteiger partial charge in [-0.25, -0.2) is 4.68 Å². The van der Waals surface area contributed by atoms with E-state index in [9.17, 15) is 4.79 Å². The Hall–Kier alpha value is -2.37. The number of rotatable bonds is 3. The van der Waals surface area contributed by atoms with Gasteiger partial charge in [-0.2, -0.15) is 5.10 Å². The molecule has 2 unspecified atom stereocenters. The first-order valence-corrected chi connectivity index (χ1v) is 9.28. The fourth-order valence-electron chi connectivity index (χ4n) is 3.96. The maximum atomic E-state index is 12.8. The number of nitrogens with one attached hydrogen (secondary N) is 2. The van der Waals surface area contributed by atoms with Gasteiger partial charge in [-0.05, 0) is 38.3 Å². The molecule has 25 heavy (non-hydrogen) atoms. The summed E-state index contributed by atoms with van der Waals surface area (Å²) in [5.41, 5.74) is 1.64. The topological polar surface area (TPSA) is 71.8 Å². The van der Waals surface area contributed by atoms with Crippen LogP contribution in [0.1, 0.15) is 73.6 Å². The van der Waals surface area contributed by atoms with Gasteiger partial charge in [0.05, 0.1) is 24.0 Å². The second kappa shape index (κ2) is 6.86. The molecular weight excluding hydrogens is 314 g/mol. The molecule has 132 valence electrons. The van der Waals surface area contributed by atoms with Crippen molar-refractivity contribution in [2.45, 2.75) is 63.6 Å². The summed E-state index contributed by atoms with van der Waals surface area (Å²) in [4.78, 5) is 17.2. The molecule has 3 heterocycles. The van der Waals surface area contributed by atoms with Crippen LogP contribution in [0, 0.1) is 0 Å². The molecule has 2 N–H and O–H groups in total. The minimum absolute atomic E-state index is 0.0190. The minimum atomic E-state index is -0.0190. The van der Waals surface area contributed by atoms with Crippen LogP contribution in [-0.4, -0.2) is 26.7 Å². The van der Waals surface area contributed by atoms with Crippen molar-refractivity contribution >= 4 is 11.7 Å². The van der Waals surface area contributed by atoms with Gasteiger partial charge in [0.2, 0.25) is 0 Å². The third-order valence-corrected chi connectivity index (χ3v) is 5.33. The van der Waals surface area contributed by atoms with Crippen LogP contribution in [0.3, 0.4) is 0 Å². The van der Waals surface area contributed by atoms with E-state index >= 15 is 0 Å². The van der Waals surface area contributed by atoms with Crippen molar-refractivity contribution in [3.8, 4) is 0 Å². The predicted molar refractivity (Wildman–Crippen MR) is 96.5 cm³/mol. The summed E-state index contributed by atoms with van der Waals surface area (Å²) in [6, 6.07) is 6.56. The molecule has 1 amide bonds. The van der Waals surface area contributed by atoms with Crippen molar-refractivity contribution in [3.05, 3.63) is 41.9 Å². The SMILES string of the molecule is CC1CC(c2ccccn2)Nc2c(C(=O)NC3CCCCC3)cnn21. The molecule has 0 radical (unpaired) electrons. The molecule has 2 aromatic heterocycles. The fraction of sp³-hybridized carbons (Fsp3) is 0.526. The molecule has 6 heteroatoms. The van der Waals surface area contributed by atoms with E-state index in [-0.39, 0.29) is 18.0 Å². The molecule has 0 saturated heterocycles. The van der Waals surface area contributed by atoms with Crippen LogP contribution in [0.5, 0.6) is 0 Å². The highest BCUT2D eigenvalue weighted by atomic mass is 16.1. The zero-order chi connectivity index (χ0) is 17.2. The summed E-state index contributed by atoms with van der Waals surface area (Å²) >= 11 is 0. The average molecular weight is 339 g/mol. The normalized spacial score (nSPS) is 23.6. The molecule has 0 aromatic carbocycles. The molecule has 0 spiro atoms. The van der Waals surface area contributed by atoms with Gasteiger partial charge in [0, 0.05) is 12.2 Å². The molecule has 2 aliphatic rings. The number of aromatic nitrogens is 3. The number of amides is 1. The van der Waals surface area contributed by atoms with Gasteiger partial charge in [0.15, 0.2) is 0 Å². The summed E-state index contributed by atoms with van der Waals surface area (Å²) in [5, 5.41) is 11.1. The van der Waals surface area contributed by atoms with E-state index in [1.807, 2.05) is 29.1 Å². The van der Waals surface area contributed by atoms with E-state index < -0.39 is 0 Å². The number of fused-ring (bicyclic) bond motifs is 1. The number of carbonyl (C=O) groups is 1. The van der Waals surface area contributed by atoms with Gasteiger partial charge >= 0.3 is 0 Å². The van der Waals surface area contributed by atoms with Gasteiger partial charge in [-0.15, -0.1) is 0 Å². The Morgan fingerprint density at radius 1 is 1.28 bits per heavy atom. The van der Waals surface area contributed by atoms with Crippen LogP contribution in [0.25, 0.3) is 0 Å². The average Bonchev–Trinajstić information content (AvgIpc) is 3.08. The number of anilines is 1. The molecule has 0 bridgehead atoms. The second-order valence-electron chi connectivity index (χ2n) is 7.20. The van der Waals surface area contributed by atoms with E-state index in [1.165, 1.54) is 19.3 Å². The lowest BCUT2D eigenvalue weighted by molar-refractivity contribution is 0.0928. The number of hydrogen-bond acceptors (Lipinski definition) is 4. The molecule has 4 rings (SSSR count). The summed E-state index contributed by atoms with van der Waals surface area (Å²) in [5.74, 6) is 0.789. The van der Waals surface area contributed by atoms with E-state index in [1.54, 1.807) is 6.20 Å². The summed E-state index contributed by atoms with van der Waals surface area (Å²) in [6.07, 6.45) is 10.2. The lowest BCUT2D eigenvalue weighted by Gasteiger charge is -2.31. The van der Waals surface area contributed by atoms with Crippen LogP contribution >= 0.6 is 0 Å². The molecule has 1 aliphatic heterocycles. The lowest BCUT2D eigenvalue weighted by atomic mass is 9.95. The highest BCUT2D eigenvalue weighted by Gasteiger charge is 2.30. The van der Waals surface area contributed by atoms with Gasteiger partial charge in [-0.1, -0.05) is 25.3 Å². The fourth-order valence-corrected chi connectivity index (χ4v) is 3.96. The minimum Gasteiger partial charge on any atom is -0.361 e. The van der Waals surface area contributed by atoms with Crippen molar-refractivity contribution in [2.75, 3.05) is 5.32 Å². The lowest BCUT2D eigenvalue weighted by Crippen LogP contribution is -2.37. The summed E-state index contributed by atoms with van der Waals surface area (Å²) in [7, 11) is 0. The molecular formula is C19H25N5O. The molecule has 2 atom stereocenters. The van der Waals surface area contributed by atoms with Crippen LogP contribution in [0.4, 0.5) is 5.82 Å². The Morgan fingerprint density at radius 3 is 2.88 bits per heavy atom. The van der Waals surface area contributed by atoms with Crippen molar-refractivity contribution in [2.24, 2.45) is 0 Å². The first-order chi connectivity index (χ1) is 12.2. The van der Waals surface area contributed by atoms with Crippen molar-refractivity contribution in [1.82, 2.24) is 20.1 Å². The maximum absolute atomic E-state index is 12.8. The molecule has 1 fully saturated rings. The summed E-state index contributed by atoms with van der Waals surface area (Å²) < 4.78 is 1.93. The van der Waals surface area contributed by atoms with Gasteiger partial charge in [0.25, 0.3) is 5.91 Å². The van der Waals surface area contributed by atoms with Gasteiger partial charge in [-0.3, -0.25) is 9.78 Å². The Balaban J connectivity index is 1.55. The second-order valence-corrected chi connectivity index (χ2v) is 7.20. The first-order valence-electron chi connectivity index (χ1n) is 9.28.